The van der Waals surface area contributed by atoms with Gasteiger partial charge in [0.25, 0.3) is 0 Å². The fourth-order valence-electron chi connectivity index (χ4n) is 5.53. The third-order valence-electron chi connectivity index (χ3n) is 7.86. The Balaban J connectivity index is 1.63. The summed E-state index contributed by atoms with van der Waals surface area (Å²) in [6, 6.07) is 44.8. The van der Waals surface area contributed by atoms with Gasteiger partial charge in [-0.2, -0.15) is 0 Å². The summed E-state index contributed by atoms with van der Waals surface area (Å²) in [5.74, 6) is 0. The van der Waals surface area contributed by atoms with Crippen LogP contribution < -0.4 is 0 Å². The number of benzene rings is 6. The molecule has 0 fully saturated rings. The molecular weight excluding hydrogens is 561 g/mol. The molecule has 196 valence electrons. The molecule has 0 amide bonds. The summed E-state index contributed by atoms with van der Waals surface area (Å²) in [6.07, 6.45) is 0. The van der Waals surface area contributed by atoms with Gasteiger partial charge in [0, 0.05) is 25.0 Å². The van der Waals surface area contributed by atoms with Gasteiger partial charge < -0.3 is 0 Å². The van der Waals surface area contributed by atoms with Gasteiger partial charge in [-0.05, 0) is 99.1 Å². The summed E-state index contributed by atoms with van der Waals surface area (Å²) < 4.78 is 0. The van der Waals surface area contributed by atoms with Crippen molar-refractivity contribution in [3.8, 4) is 22.3 Å². The molecule has 4 heteroatoms. The average molecular weight is 589 g/mol. The van der Waals surface area contributed by atoms with Crippen LogP contribution in [0.5, 0.6) is 0 Å². The predicted octanol–water partition coefficient (Wildman–Crippen LogP) is 10.7. The van der Waals surface area contributed by atoms with Gasteiger partial charge in [-0.15, -0.1) is 50.5 Å². The first-order valence-corrected chi connectivity index (χ1v) is 14.9. The molecule has 40 heavy (non-hydrogen) atoms. The Kier molecular flexibility index (Phi) is 7.54. The maximum atomic E-state index is 4.86. The Labute approximate surface area is 258 Å². The summed E-state index contributed by atoms with van der Waals surface area (Å²) in [7, 11) is 0. The molecule has 0 bridgehead atoms. The fourth-order valence-corrected chi connectivity index (χ4v) is 6.61. The normalized spacial score (nSPS) is 11.6. The lowest BCUT2D eigenvalue weighted by Gasteiger charge is -2.33. The molecule has 0 radical (unpaired) electrons. The van der Waals surface area contributed by atoms with Gasteiger partial charge in [-0.25, -0.2) is 0 Å². The van der Waals surface area contributed by atoms with Crippen LogP contribution in [0.15, 0.2) is 147 Å². The zero-order valence-electron chi connectivity index (χ0n) is 21.9. The predicted molar refractivity (Wildman–Crippen MR) is 182 cm³/mol. The molecule has 0 nitrogen and oxygen atoms in total. The van der Waals surface area contributed by atoms with E-state index in [-0.39, 0.29) is 0 Å². The van der Waals surface area contributed by atoms with E-state index in [1.165, 1.54) is 27.5 Å². The van der Waals surface area contributed by atoms with Crippen LogP contribution in [0.4, 0.5) is 0 Å². The lowest BCUT2D eigenvalue weighted by Crippen LogP contribution is -2.25. The summed E-state index contributed by atoms with van der Waals surface area (Å²) in [5, 5.41) is 2.43. The molecule has 0 unspecified atom stereocenters. The van der Waals surface area contributed by atoms with Crippen LogP contribution in [0.1, 0.15) is 23.6 Å². The van der Waals surface area contributed by atoms with Crippen LogP contribution in [0.3, 0.4) is 0 Å². The quantitative estimate of drug-likeness (QED) is 0.112. The first-order valence-electron chi connectivity index (χ1n) is 13.1. The Morgan fingerprint density at radius 1 is 0.375 bits per heavy atom. The molecule has 0 aromatic heterocycles. The summed E-state index contributed by atoms with van der Waals surface area (Å²) in [4.78, 5) is 3.69. The largest absolute Gasteiger partial charge is 0.143 e. The molecule has 0 aliphatic carbocycles. The van der Waals surface area contributed by atoms with Crippen molar-refractivity contribution in [1.29, 1.82) is 0 Å². The van der Waals surface area contributed by atoms with E-state index in [0.29, 0.717) is 0 Å². The second-order valence-corrected chi connectivity index (χ2v) is 12.1. The third kappa shape index (κ3) is 4.88. The molecule has 0 N–H and O–H groups in total. The number of hydrogen-bond acceptors (Lipinski definition) is 4. The molecule has 0 saturated heterocycles. The lowest BCUT2D eigenvalue weighted by atomic mass is 9.70. The second kappa shape index (κ2) is 11.1. The Morgan fingerprint density at radius 2 is 0.775 bits per heavy atom. The maximum absolute atomic E-state index is 4.86. The third-order valence-corrected chi connectivity index (χ3v) is 9.42. The summed E-state index contributed by atoms with van der Waals surface area (Å²) in [6.45, 7) is 2.31. The van der Waals surface area contributed by atoms with E-state index >= 15 is 0 Å². The van der Waals surface area contributed by atoms with Crippen LogP contribution in [0.25, 0.3) is 33.0 Å². The van der Waals surface area contributed by atoms with E-state index in [9.17, 15) is 0 Å². The van der Waals surface area contributed by atoms with Crippen molar-refractivity contribution in [1.82, 2.24) is 0 Å². The van der Waals surface area contributed by atoms with E-state index < -0.39 is 5.41 Å². The molecule has 0 atom stereocenters. The zero-order chi connectivity index (χ0) is 27.9. The van der Waals surface area contributed by atoms with Crippen molar-refractivity contribution >= 4 is 61.3 Å². The van der Waals surface area contributed by atoms with Crippen molar-refractivity contribution < 1.29 is 0 Å². The van der Waals surface area contributed by atoms with Gasteiger partial charge in [0.15, 0.2) is 0 Å². The van der Waals surface area contributed by atoms with Gasteiger partial charge in [0.05, 0.1) is 0 Å². The van der Waals surface area contributed by atoms with Crippen LogP contribution in [-0.4, -0.2) is 0 Å². The van der Waals surface area contributed by atoms with Gasteiger partial charge in [0.1, 0.15) is 0 Å². The smallest absolute Gasteiger partial charge is 0.0423 e. The van der Waals surface area contributed by atoms with Crippen molar-refractivity contribution in [2.24, 2.45) is 0 Å². The number of hydrogen-bond donors (Lipinski definition) is 4. The number of fused-ring (bicyclic) bond motifs is 1. The van der Waals surface area contributed by atoms with Gasteiger partial charge in [0.2, 0.25) is 0 Å². The summed E-state index contributed by atoms with van der Waals surface area (Å²) >= 11 is 19.3. The summed E-state index contributed by atoms with van der Waals surface area (Å²) in [5.41, 5.74) is 7.32. The molecule has 6 rings (SSSR count). The molecule has 0 spiro atoms. The van der Waals surface area contributed by atoms with Crippen LogP contribution in [-0.2, 0) is 5.41 Å². The van der Waals surface area contributed by atoms with E-state index in [1.807, 2.05) is 36.4 Å². The Morgan fingerprint density at radius 3 is 1.30 bits per heavy atom. The zero-order valence-corrected chi connectivity index (χ0v) is 25.5. The van der Waals surface area contributed by atoms with Crippen molar-refractivity contribution in [2.75, 3.05) is 0 Å². The first-order chi connectivity index (χ1) is 19.4. The highest BCUT2D eigenvalue weighted by molar-refractivity contribution is 7.81. The number of thiol groups is 4. The molecule has 6 aromatic rings. The van der Waals surface area contributed by atoms with Gasteiger partial charge >= 0.3 is 0 Å². The van der Waals surface area contributed by atoms with Crippen molar-refractivity contribution in [2.45, 2.75) is 31.9 Å². The van der Waals surface area contributed by atoms with E-state index in [1.54, 1.807) is 0 Å². The van der Waals surface area contributed by atoms with E-state index in [4.69, 9.17) is 50.5 Å². The van der Waals surface area contributed by atoms with Crippen LogP contribution in [0.2, 0.25) is 0 Å². The van der Waals surface area contributed by atoms with Gasteiger partial charge in [-0.1, -0.05) is 84.9 Å². The molecule has 0 saturated carbocycles. The highest BCUT2D eigenvalue weighted by Crippen LogP contribution is 2.45. The molecule has 0 aliphatic rings. The minimum absolute atomic E-state index is 0.479. The molecule has 0 heterocycles. The highest BCUT2D eigenvalue weighted by atomic mass is 32.1. The second-order valence-electron chi connectivity index (χ2n) is 10.2. The molecular formula is C36H28S4. The molecule has 6 aromatic carbocycles. The Bertz CT molecular complexity index is 1780. The monoisotopic (exact) mass is 588 g/mol. The fraction of sp³-hybridized carbons (Fsp3) is 0.0556. The van der Waals surface area contributed by atoms with Crippen molar-refractivity contribution in [3.63, 3.8) is 0 Å². The lowest BCUT2D eigenvalue weighted by molar-refractivity contribution is 0.692. The minimum Gasteiger partial charge on any atom is -0.143 e. The topological polar surface area (TPSA) is 0 Å². The highest BCUT2D eigenvalue weighted by Gasteiger charge is 2.33. The van der Waals surface area contributed by atoms with Crippen LogP contribution >= 0.6 is 50.5 Å². The molecule has 0 aliphatic heterocycles. The SMILES string of the molecule is CC(c1ccc(S)c(-c2ccccc2S)c1)(c1ccc(S)c(-c2ccccc2S)c1)c1ccc2ccccc2c1. The van der Waals surface area contributed by atoms with Gasteiger partial charge in [-0.3, -0.25) is 0 Å². The average Bonchev–Trinajstić information content (AvgIpc) is 2.98. The standard InChI is InChI=1S/C36H28S4/c1-36(25-15-14-23-8-2-3-9-24(23)20-25,26-16-18-34(39)30(21-26)28-10-4-6-12-32(28)37)27-17-19-35(40)31(22-27)29-11-5-7-13-33(29)38/h2-22,37-40H,1H3. The van der Waals surface area contributed by atoms with E-state index in [0.717, 1.165) is 41.8 Å². The minimum atomic E-state index is -0.479. The first kappa shape index (κ1) is 27.2. The van der Waals surface area contributed by atoms with Crippen LogP contribution in [0, 0.1) is 0 Å². The maximum Gasteiger partial charge on any atom is 0.0423 e. The van der Waals surface area contributed by atoms with Crippen molar-refractivity contribution in [3.05, 3.63) is 144 Å². The number of rotatable bonds is 5. The Hall–Kier alpha value is -3.02. The van der Waals surface area contributed by atoms with E-state index in [2.05, 4.69) is 97.9 Å².